The van der Waals surface area contributed by atoms with Crippen LogP contribution in [0, 0.1) is 5.41 Å². The second-order valence-corrected chi connectivity index (χ2v) is 6.90. The lowest BCUT2D eigenvalue weighted by molar-refractivity contribution is -0.151. The third kappa shape index (κ3) is 3.09. The molecule has 0 amide bonds. The fraction of sp³-hybridized carbons (Fsp3) is 0.917. The van der Waals surface area contributed by atoms with E-state index < -0.39 is 21.6 Å². The van der Waals surface area contributed by atoms with Crippen LogP contribution in [-0.4, -0.2) is 54.3 Å². The number of hydrogen-bond donors (Lipinski definition) is 1. The number of aliphatic carboxylic acids is 1. The molecule has 0 aromatic rings. The zero-order valence-corrected chi connectivity index (χ0v) is 12.7. The van der Waals surface area contributed by atoms with Crippen molar-refractivity contribution in [1.29, 1.82) is 0 Å². The van der Waals surface area contributed by atoms with Crippen LogP contribution in [0.15, 0.2) is 0 Å². The number of piperidine rings is 1. The molecule has 1 saturated heterocycles. The molecule has 7 heteroatoms. The maximum atomic E-state index is 12.4. The normalized spacial score (nSPS) is 25.7. The Bertz CT molecular complexity index is 419. The summed E-state index contributed by atoms with van der Waals surface area (Å²) in [5.41, 5.74) is -0.932. The molecular formula is C12H24N2O4S. The van der Waals surface area contributed by atoms with Crippen LogP contribution in [0.25, 0.3) is 0 Å². The lowest BCUT2D eigenvalue weighted by Crippen LogP contribution is -2.53. The first-order chi connectivity index (χ1) is 8.84. The third-order valence-corrected chi connectivity index (χ3v) is 6.16. The Kier molecular flexibility index (Phi) is 5.34. The van der Waals surface area contributed by atoms with E-state index in [-0.39, 0.29) is 6.54 Å². The molecule has 1 rings (SSSR count). The minimum absolute atomic E-state index is 0.0810. The molecule has 1 aliphatic heterocycles. The van der Waals surface area contributed by atoms with Crippen LogP contribution in [0.1, 0.15) is 40.0 Å². The molecule has 6 nitrogen and oxygen atoms in total. The highest BCUT2D eigenvalue weighted by molar-refractivity contribution is 7.86. The highest BCUT2D eigenvalue weighted by Gasteiger charge is 2.44. The van der Waals surface area contributed by atoms with Crippen LogP contribution in [0.3, 0.4) is 0 Å². The molecule has 112 valence electrons. The fourth-order valence-corrected chi connectivity index (χ4v) is 4.36. The van der Waals surface area contributed by atoms with Crippen LogP contribution in [-0.2, 0) is 15.0 Å². The predicted octanol–water partition coefficient (Wildman–Crippen LogP) is 1.15. The van der Waals surface area contributed by atoms with Gasteiger partial charge in [0.05, 0.1) is 5.41 Å². The smallest absolute Gasteiger partial charge is 0.310 e. The van der Waals surface area contributed by atoms with Gasteiger partial charge in [0, 0.05) is 26.2 Å². The molecule has 0 aromatic heterocycles. The standard InChI is InChI=1S/C12H24N2O4S/c1-4-12(11(15)16)8-7-9-14(10-12)19(17,18)13(5-2)6-3/h4-10H2,1-3H3,(H,15,16). The summed E-state index contributed by atoms with van der Waals surface area (Å²) >= 11 is 0. The maximum Gasteiger partial charge on any atom is 0.310 e. The van der Waals surface area contributed by atoms with Crippen molar-refractivity contribution in [2.75, 3.05) is 26.2 Å². The predicted molar refractivity (Wildman–Crippen MR) is 73.0 cm³/mol. The van der Waals surface area contributed by atoms with Gasteiger partial charge in [0.15, 0.2) is 0 Å². The second kappa shape index (κ2) is 6.19. The van der Waals surface area contributed by atoms with Gasteiger partial charge in [-0.2, -0.15) is 17.0 Å². The van der Waals surface area contributed by atoms with Crippen LogP contribution in [0.4, 0.5) is 0 Å². The van der Waals surface area contributed by atoms with Crippen molar-refractivity contribution in [2.45, 2.75) is 40.0 Å². The van der Waals surface area contributed by atoms with E-state index in [1.807, 2.05) is 6.92 Å². The van der Waals surface area contributed by atoms with Gasteiger partial charge in [-0.1, -0.05) is 20.8 Å². The number of carboxylic acid groups (broad SMARTS) is 1. The van der Waals surface area contributed by atoms with Gasteiger partial charge in [-0.05, 0) is 19.3 Å². The number of carboxylic acids is 1. The van der Waals surface area contributed by atoms with E-state index in [4.69, 9.17) is 0 Å². The van der Waals surface area contributed by atoms with Gasteiger partial charge < -0.3 is 5.11 Å². The monoisotopic (exact) mass is 292 g/mol. The van der Waals surface area contributed by atoms with Gasteiger partial charge in [-0.15, -0.1) is 0 Å². The maximum absolute atomic E-state index is 12.4. The summed E-state index contributed by atoms with van der Waals surface area (Å²) < 4.78 is 27.6. The van der Waals surface area contributed by atoms with Crippen molar-refractivity contribution < 1.29 is 18.3 Å². The zero-order chi connectivity index (χ0) is 14.7. The molecule has 0 spiro atoms. The molecule has 1 aliphatic rings. The van der Waals surface area contributed by atoms with Crippen LogP contribution < -0.4 is 0 Å². The molecule has 1 unspecified atom stereocenters. The van der Waals surface area contributed by atoms with E-state index in [2.05, 4.69) is 0 Å². The second-order valence-electron chi connectivity index (χ2n) is 4.97. The Morgan fingerprint density at radius 1 is 1.32 bits per heavy atom. The number of nitrogens with zero attached hydrogens (tertiary/aromatic N) is 2. The van der Waals surface area contributed by atoms with Gasteiger partial charge in [-0.3, -0.25) is 4.79 Å². The fourth-order valence-electron chi connectivity index (χ4n) is 2.61. The Hall–Kier alpha value is -0.660. The Balaban J connectivity index is 3.00. The van der Waals surface area contributed by atoms with Gasteiger partial charge >= 0.3 is 5.97 Å². The summed E-state index contributed by atoms with van der Waals surface area (Å²) in [6, 6.07) is 0. The third-order valence-electron chi connectivity index (χ3n) is 4.03. The van der Waals surface area contributed by atoms with Gasteiger partial charge in [-0.25, -0.2) is 0 Å². The highest BCUT2D eigenvalue weighted by Crippen LogP contribution is 2.35. The van der Waals surface area contributed by atoms with Crippen molar-refractivity contribution in [1.82, 2.24) is 8.61 Å². The highest BCUT2D eigenvalue weighted by atomic mass is 32.2. The van der Waals surface area contributed by atoms with Crippen molar-refractivity contribution >= 4 is 16.2 Å². The molecule has 0 radical (unpaired) electrons. The largest absolute Gasteiger partial charge is 0.481 e. The Morgan fingerprint density at radius 3 is 2.32 bits per heavy atom. The lowest BCUT2D eigenvalue weighted by Gasteiger charge is -2.40. The minimum atomic E-state index is -3.54. The van der Waals surface area contributed by atoms with Crippen LogP contribution in [0.5, 0.6) is 0 Å². The van der Waals surface area contributed by atoms with E-state index in [9.17, 15) is 18.3 Å². The molecule has 19 heavy (non-hydrogen) atoms. The molecular weight excluding hydrogens is 268 g/mol. The topological polar surface area (TPSA) is 77.9 Å². The molecule has 0 saturated carbocycles. The van der Waals surface area contributed by atoms with E-state index in [0.29, 0.717) is 38.9 Å². The van der Waals surface area contributed by atoms with E-state index in [1.54, 1.807) is 13.8 Å². The quantitative estimate of drug-likeness (QED) is 0.796. The van der Waals surface area contributed by atoms with E-state index in [1.165, 1.54) is 8.61 Å². The molecule has 0 bridgehead atoms. The van der Waals surface area contributed by atoms with Gasteiger partial charge in [0.2, 0.25) is 0 Å². The number of rotatable bonds is 6. The number of carbonyl (C=O) groups is 1. The van der Waals surface area contributed by atoms with Crippen molar-refractivity contribution in [3.8, 4) is 0 Å². The van der Waals surface area contributed by atoms with Crippen molar-refractivity contribution in [3.63, 3.8) is 0 Å². The van der Waals surface area contributed by atoms with E-state index in [0.717, 1.165) is 0 Å². The summed E-state index contributed by atoms with van der Waals surface area (Å²) in [5, 5.41) is 9.39. The average Bonchev–Trinajstić information content (AvgIpc) is 2.39. The molecule has 1 fully saturated rings. The summed E-state index contributed by atoms with van der Waals surface area (Å²) in [7, 11) is -3.54. The molecule has 1 atom stereocenters. The summed E-state index contributed by atoms with van der Waals surface area (Å²) in [4.78, 5) is 11.5. The van der Waals surface area contributed by atoms with Gasteiger partial charge in [0.25, 0.3) is 10.2 Å². The lowest BCUT2D eigenvalue weighted by atomic mass is 9.78. The molecule has 0 aliphatic carbocycles. The summed E-state index contributed by atoms with van der Waals surface area (Å²) in [6.45, 7) is 6.68. The summed E-state index contributed by atoms with van der Waals surface area (Å²) in [6.07, 6.45) is 1.59. The van der Waals surface area contributed by atoms with Crippen molar-refractivity contribution in [3.05, 3.63) is 0 Å². The first-order valence-corrected chi connectivity index (χ1v) is 8.22. The minimum Gasteiger partial charge on any atom is -0.481 e. The number of hydrogen-bond acceptors (Lipinski definition) is 3. The SMILES string of the molecule is CCN(CC)S(=O)(=O)N1CCCC(CC)(C(=O)O)C1. The Labute approximate surface area is 115 Å². The van der Waals surface area contributed by atoms with Crippen LogP contribution >= 0.6 is 0 Å². The summed E-state index contributed by atoms with van der Waals surface area (Å²) in [5.74, 6) is -0.894. The van der Waals surface area contributed by atoms with E-state index >= 15 is 0 Å². The Morgan fingerprint density at radius 2 is 1.89 bits per heavy atom. The van der Waals surface area contributed by atoms with Crippen molar-refractivity contribution in [2.24, 2.45) is 5.41 Å². The molecule has 0 aromatic carbocycles. The van der Waals surface area contributed by atoms with Crippen LogP contribution in [0.2, 0.25) is 0 Å². The molecule has 1 N–H and O–H groups in total. The first-order valence-electron chi connectivity index (χ1n) is 6.82. The molecule has 1 heterocycles. The van der Waals surface area contributed by atoms with Gasteiger partial charge in [0.1, 0.15) is 0 Å². The average molecular weight is 292 g/mol. The first kappa shape index (κ1) is 16.4. The zero-order valence-electron chi connectivity index (χ0n) is 11.9.